The van der Waals surface area contributed by atoms with E-state index in [1.165, 1.54) is 12.8 Å². The lowest BCUT2D eigenvalue weighted by atomic mass is 9.91. The highest BCUT2D eigenvalue weighted by molar-refractivity contribution is 9.10. The Labute approximate surface area is 148 Å². The number of halogens is 1. The third-order valence-corrected chi connectivity index (χ3v) is 5.25. The second kappa shape index (κ2) is 6.63. The molecule has 6 nitrogen and oxygen atoms in total. The number of rotatable bonds is 4. The van der Waals surface area contributed by atoms with Gasteiger partial charge in [0.1, 0.15) is 0 Å². The molecule has 0 bridgehead atoms. The van der Waals surface area contributed by atoms with Crippen LogP contribution in [-0.4, -0.2) is 25.8 Å². The summed E-state index contributed by atoms with van der Waals surface area (Å²) in [4.78, 5) is 20.7. The normalized spacial score (nSPS) is 23.9. The molecular weight excluding hydrogens is 370 g/mol. The minimum Gasteiger partial charge on any atom is -0.351 e. The average Bonchev–Trinajstić information content (AvgIpc) is 3.43. The van der Waals surface area contributed by atoms with Crippen molar-refractivity contribution in [1.82, 2.24) is 19.7 Å². The van der Waals surface area contributed by atoms with E-state index in [1.807, 2.05) is 6.07 Å². The van der Waals surface area contributed by atoms with Gasteiger partial charge in [-0.3, -0.25) is 4.79 Å². The zero-order chi connectivity index (χ0) is 16.5. The fraction of sp³-hybridized carbons (Fsp3) is 0.529. The van der Waals surface area contributed by atoms with Gasteiger partial charge >= 0.3 is 0 Å². The molecule has 0 aromatic carbocycles. The number of nitrogens with zero attached hydrogens (tertiary/aromatic N) is 4. The molecule has 2 fully saturated rings. The minimum absolute atomic E-state index is 0.0204. The number of hydrogen-bond donors (Lipinski definition) is 1. The van der Waals surface area contributed by atoms with Gasteiger partial charge in [-0.2, -0.15) is 5.10 Å². The van der Waals surface area contributed by atoms with Gasteiger partial charge < -0.3 is 5.32 Å². The molecule has 2 heterocycles. The molecule has 0 spiro atoms. The van der Waals surface area contributed by atoms with Gasteiger partial charge in [0.05, 0.1) is 16.2 Å². The summed E-state index contributed by atoms with van der Waals surface area (Å²) in [5.41, 5.74) is 1.10. The van der Waals surface area contributed by atoms with Crippen LogP contribution in [0.1, 0.15) is 56.2 Å². The molecule has 7 heteroatoms. The molecule has 0 radical (unpaired) electrons. The van der Waals surface area contributed by atoms with E-state index in [1.54, 1.807) is 23.1 Å². The van der Waals surface area contributed by atoms with Crippen molar-refractivity contribution < 1.29 is 0 Å². The van der Waals surface area contributed by atoms with Crippen molar-refractivity contribution in [2.45, 2.75) is 56.5 Å². The third-order valence-electron chi connectivity index (χ3n) is 4.84. The molecule has 0 saturated heterocycles. The third kappa shape index (κ3) is 3.50. The largest absolute Gasteiger partial charge is 0.351 e. The quantitative estimate of drug-likeness (QED) is 0.868. The van der Waals surface area contributed by atoms with Gasteiger partial charge in [-0.15, -0.1) is 0 Å². The Morgan fingerprint density at radius 2 is 1.75 bits per heavy atom. The molecule has 0 atom stereocenters. The molecule has 2 aliphatic rings. The SMILES string of the molecule is O=c1ccc(C2CC2)nn1C1CCC(Nc2ncc(Br)cn2)CC1. The molecule has 0 amide bonds. The van der Waals surface area contributed by atoms with Gasteiger partial charge in [0, 0.05) is 30.4 Å². The van der Waals surface area contributed by atoms with Crippen LogP contribution < -0.4 is 10.9 Å². The molecule has 126 valence electrons. The van der Waals surface area contributed by atoms with Crippen LogP contribution in [0.2, 0.25) is 0 Å². The maximum Gasteiger partial charge on any atom is 0.267 e. The van der Waals surface area contributed by atoms with E-state index in [9.17, 15) is 4.79 Å². The molecule has 1 N–H and O–H groups in total. The first-order valence-electron chi connectivity index (χ1n) is 8.53. The Morgan fingerprint density at radius 3 is 2.42 bits per heavy atom. The summed E-state index contributed by atoms with van der Waals surface area (Å²) in [6, 6.07) is 4.14. The van der Waals surface area contributed by atoms with E-state index >= 15 is 0 Å². The van der Waals surface area contributed by atoms with Crippen LogP contribution in [0.5, 0.6) is 0 Å². The summed E-state index contributed by atoms with van der Waals surface area (Å²) >= 11 is 3.34. The van der Waals surface area contributed by atoms with Gasteiger partial charge in [-0.25, -0.2) is 14.6 Å². The standard InChI is InChI=1S/C17H20BrN5O/c18-12-9-19-17(20-10-12)21-13-3-5-14(6-4-13)23-16(24)8-7-15(22-23)11-1-2-11/h7-11,13-14H,1-6H2,(H,19,20,21). The maximum absolute atomic E-state index is 12.2. The van der Waals surface area contributed by atoms with E-state index in [0.717, 1.165) is 35.8 Å². The summed E-state index contributed by atoms with van der Waals surface area (Å²) in [7, 11) is 0. The molecule has 0 unspecified atom stereocenters. The fourth-order valence-electron chi connectivity index (χ4n) is 3.33. The lowest BCUT2D eigenvalue weighted by Crippen LogP contribution is -2.33. The van der Waals surface area contributed by atoms with Gasteiger partial charge in [0.2, 0.25) is 5.95 Å². The van der Waals surface area contributed by atoms with Crippen LogP contribution in [0.15, 0.2) is 33.8 Å². The highest BCUT2D eigenvalue weighted by Gasteiger charge is 2.28. The lowest BCUT2D eigenvalue weighted by molar-refractivity contribution is 0.301. The maximum atomic E-state index is 12.2. The summed E-state index contributed by atoms with van der Waals surface area (Å²) in [5.74, 6) is 1.23. The van der Waals surface area contributed by atoms with E-state index in [2.05, 4.69) is 36.3 Å². The summed E-state index contributed by atoms with van der Waals surface area (Å²) < 4.78 is 2.60. The summed E-state index contributed by atoms with van der Waals surface area (Å²) in [5, 5.41) is 8.01. The zero-order valence-electron chi connectivity index (χ0n) is 13.4. The lowest BCUT2D eigenvalue weighted by Gasteiger charge is -2.29. The van der Waals surface area contributed by atoms with Crippen molar-refractivity contribution in [2.75, 3.05) is 5.32 Å². The first-order valence-corrected chi connectivity index (χ1v) is 9.32. The van der Waals surface area contributed by atoms with Crippen molar-refractivity contribution in [1.29, 1.82) is 0 Å². The van der Waals surface area contributed by atoms with Crippen LogP contribution in [0.25, 0.3) is 0 Å². The fourth-order valence-corrected chi connectivity index (χ4v) is 3.54. The van der Waals surface area contributed by atoms with Crippen molar-refractivity contribution >= 4 is 21.9 Å². The average molecular weight is 390 g/mol. The Bertz CT molecular complexity index is 763. The van der Waals surface area contributed by atoms with Crippen molar-refractivity contribution in [3.05, 3.63) is 45.0 Å². The number of aromatic nitrogens is 4. The van der Waals surface area contributed by atoms with Crippen LogP contribution in [-0.2, 0) is 0 Å². The van der Waals surface area contributed by atoms with Crippen LogP contribution >= 0.6 is 15.9 Å². The minimum atomic E-state index is 0.0204. The Balaban J connectivity index is 1.40. The van der Waals surface area contributed by atoms with E-state index in [0.29, 0.717) is 17.9 Å². The molecule has 2 aliphatic carbocycles. The smallest absolute Gasteiger partial charge is 0.267 e. The molecule has 4 rings (SSSR count). The van der Waals surface area contributed by atoms with Crippen molar-refractivity contribution in [2.24, 2.45) is 0 Å². The molecule has 2 aromatic rings. The second-order valence-corrected chi connectivity index (χ2v) is 7.61. The Morgan fingerprint density at radius 1 is 1.04 bits per heavy atom. The molecule has 0 aliphatic heterocycles. The predicted octanol–water partition coefficient (Wildman–Crippen LogP) is 3.27. The highest BCUT2D eigenvalue weighted by Crippen LogP contribution is 2.38. The van der Waals surface area contributed by atoms with E-state index < -0.39 is 0 Å². The molecule has 2 aromatic heterocycles. The monoisotopic (exact) mass is 389 g/mol. The number of anilines is 1. The number of hydrogen-bond acceptors (Lipinski definition) is 5. The highest BCUT2D eigenvalue weighted by atomic mass is 79.9. The first-order chi connectivity index (χ1) is 11.7. The van der Waals surface area contributed by atoms with E-state index in [-0.39, 0.29) is 11.6 Å². The van der Waals surface area contributed by atoms with Crippen LogP contribution in [0.4, 0.5) is 5.95 Å². The summed E-state index contributed by atoms with van der Waals surface area (Å²) in [6.45, 7) is 0. The van der Waals surface area contributed by atoms with E-state index in [4.69, 9.17) is 0 Å². The van der Waals surface area contributed by atoms with Gasteiger partial charge in [-0.1, -0.05) is 0 Å². The molecule has 24 heavy (non-hydrogen) atoms. The van der Waals surface area contributed by atoms with Crippen LogP contribution in [0.3, 0.4) is 0 Å². The van der Waals surface area contributed by atoms with Gasteiger partial charge in [-0.05, 0) is 60.5 Å². The predicted molar refractivity (Wildman–Crippen MR) is 95.1 cm³/mol. The topological polar surface area (TPSA) is 72.7 Å². The Hall–Kier alpha value is -1.76. The van der Waals surface area contributed by atoms with Crippen molar-refractivity contribution in [3.8, 4) is 0 Å². The summed E-state index contributed by atoms with van der Waals surface area (Å²) in [6.07, 6.45) is 9.79. The van der Waals surface area contributed by atoms with Gasteiger partial charge in [0.15, 0.2) is 0 Å². The molecular formula is C17H20BrN5O. The Kier molecular flexibility index (Phi) is 4.35. The van der Waals surface area contributed by atoms with Crippen molar-refractivity contribution in [3.63, 3.8) is 0 Å². The number of nitrogens with one attached hydrogen (secondary N) is 1. The molecule has 2 saturated carbocycles. The second-order valence-electron chi connectivity index (χ2n) is 6.69. The first kappa shape index (κ1) is 15.7. The van der Waals surface area contributed by atoms with Crippen LogP contribution in [0, 0.1) is 0 Å². The zero-order valence-corrected chi connectivity index (χ0v) is 14.9. The van der Waals surface area contributed by atoms with Gasteiger partial charge in [0.25, 0.3) is 5.56 Å².